The van der Waals surface area contributed by atoms with Crippen LogP contribution in [-0.2, 0) is 4.79 Å². The maximum atomic E-state index is 11.8. The van der Waals surface area contributed by atoms with Crippen LogP contribution in [0.5, 0.6) is 11.5 Å². The molecule has 0 bridgehead atoms. The first-order valence-electron chi connectivity index (χ1n) is 6.20. The van der Waals surface area contributed by atoms with E-state index in [0.717, 1.165) is 5.75 Å². The maximum Gasteiger partial charge on any atom is 0.262 e. The summed E-state index contributed by atoms with van der Waals surface area (Å²) in [5, 5.41) is 3.11. The lowest BCUT2D eigenvalue weighted by Gasteiger charge is -2.09. The van der Waals surface area contributed by atoms with Crippen LogP contribution in [0.4, 0.5) is 11.4 Å². The zero-order valence-electron chi connectivity index (χ0n) is 11.4. The molecular weight excluding hydrogens is 292 g/mol. The second-order valence-corrected chi connectivity index (χ2v) is 4.66. The molecule has 6 heteroatoms. The molecule has 0 aliphatic rings. The first-order valence-corrected chi connectivity index (χ1v) is 6.58. The highest BCUT2D eigenvalue weighted by atomic mass is 35.5. The first kappa shape index (κ1) is 15.0. The second kappa shape index (κ2) is 6.85. The number of carbonyl (C=O) groups excluding carboxylic acids is 1. The number of anilines is 2. The van der Waals surface area contributed by atoms with Crippen LogP contribution >= 0.6 is 11.6 Å². The molecule has 0 heterocycles. The number of amides is 1. The summed E-state index contributed by atoms with van der Waals surface area (Å²) in [7, 11) is 1.58. The van der Waals surface area contributed by atoms with Crippen LogP contribution in [0.2, 0.25) is 5.02 Å². The summed E-state index contributed by atoms with van der Waals surface area (Å²) in [6.45, 7) is -0.158. The summed E-state index contributed by atoms with van der Waals surface area (Å²) >= 11 is 5.95. The van der Waals surface area contributed by atoms with E-state index in [9.17, 15) is 4.79 Å². The van der Waals surface area contributed by atoms with Crippen LogP contribution in [0, 0.1) is 0 Å². The third-order valence-electron chi connectivity index (χ3n) is 2.69. The highest BCUT2D eigenvalue weighted by molar-refractivity contribution is 6.32. The summed E-state index contributed by atoms with van der Waals surface area (Å²) in [5.41, 5.74) is 6.81. The Morgan fingerprint density at radius 2 is 1.95 bits per heavy atom. The van der Waals surface area contributed by atoms with E-state index in [-0.39, 0.29) is 12.5 Å². The predicted octanol–water partition coefficient (Wildman–Crippen LogP) is 2.95. The van der Waals surface area contributed by atoms with Crippen LogP contribution < -0.4 is 20.5 Å². The van der Waals surface area contributed by atoms with Gasteiger partial charge in [0.25, 0.3) is 5.91 Å². The van der Waals surface area contributed by atoms with Crippen LogP contribution in [0.25, 0.3) is 0 Å². The number of rotatable bonds is 5. The molecule has 2 aromatic rings. The Labute approximate surface area is 127 Å². The molecule has 21 heavy (non-hydrogen) atoms. The fraction of sp³-hybridized carbons (Fsp3) is 0.133. The van der Waals surface area contributed by atoms with Crippen LogP contribution in [0.1, 0.15) is 0 Å². The topological polar surface area (TPSA) is 73.6 Å². The molecule has 1 amide bonds. The average Bonchev–Trinajstić information content (AvgIpc) is 2.49. The molecule has 2 rings (SSSR count). The molecule has 0 saturated carbocycles. The van der Waals surface area contributed by atoms with E-state index >= 15 is 0 Å². The van der Waals surface area contributed by atoms with Crippen molar-refractivity contribution in [3.05, 3.63) is 47.5 Å². The van der Waals surface area contributed by atoms with Crippen molar-refractivity contribution in [1.29, 1.82) is 0 Å². The minimum atomic E-state index is -0.293. The molecule has 0 aliphatic heterocycles. The summed E-state index contributed by atoms with van der Waals surface area (Å²) in [5.74, 6) is 0.802. The Bertz CT molecular complexity index is 629. The molecule has 0 aliphatic carbocycles. The maximum absolute atomic E-state index is 11.8. The van der Waals surface area contributed by atoms with Crippen molar-refractivity contribution in [3.8, 4) is 11.5 Å². The number of hydrogen-bond acceptors (Lipinski definition) is 4. The van der Waals surface area contributed by atoms with Crippen molar-refractivity contribution < 1.29 is 14.3 Å². The smallest absolute Gasteiger partial charge is 0.262 e. The van der Waals surface area contributed by atoms with Gasteiger partial charge in [0.15, 0.2) is 6.61 Å². The number of nitrogens with one attached hydrogen (secondary N) is 1. The largest absolute Gasteiger partial charge is 0.497 e. The fourth-order valence-electron chi connectivity index (χ4n) is 1.65. The van der Waals surface area contributed by atoms with E-state index in [0.29, 0.717) is 22.1 Å². The summed E-state index contributed by atoms with van der Waals surface area (Å²) < 4.78 is 10.4. The van der Waals surface area contributed by atoms with Gasteiger partial charge in [0.05, 0.1) is 12.1 Å². The number of benzene rings is 2. The van der Waals surface area contributed by atoms with E-state index < -0.39 is 0 Å². The molecule has 0 saturated heterocycles. The summed E-state index contributed by atoms with van der Waals surface area (Å²) in [6, 6.07) is 11.8. The number of nitrogen functional groups attached to an aromatic ring is 1. The molecule has 0 aromatic heterocycles. The third kappa shape index (κ3) is 4.29. The van der Waals surface area contributed by atoms with Gasteiger partial charge in [-0.2, -0.15) is 0 Å². The Balaban J connectivity index is 1.91. The number of nitrogens with two attached hydrogens (primary N) is 1. The van der Waals surface area contributed by atoms with Gasteiger partial charge >= 0.3 is 0 Å². The van der Waals surface area contributed by atoms with Gasteiger partial charge in [0.1, 0.15) is 11.5 Å². The molecule has 2 aromatic carbocycles. The van der Waals surface area contributed by atoms with Crippen molar-refractivity contribution in [2.75, 3.05) is 24.8 Å². The van der Waals surface area contributed by atoms with Gasteiger partial charge < -0.3 is 20.5 Å². The molecule has 5 nitrogen and oxygen atoms in total. The van der Waals surface area contributed by atoms with E-state index in [2.05, 4.69) is 5.32 Å². The highest BCUT2D eigenvalue weighted by Crippen LogP contribution is 2.26. The van der Waals surface area contributed by atoms with Gasteiger partial charge in [-0.1, -0.05) is 11.6 Å². The van der Waals surface area contributed by atoms with Crippen molar-refractivity contribution in [1.82, 2.24) is 0 Å². The van der Waals surface area contributed by atoms with Gasteiger partial charge in [0, 0.05) is 17.4 Å². The number of methoxy groups -OCH3 is 1. The van der Waals surface area contributed by atoms with E-state index in [1.54, 1.807) is 49.6 Å². The molecular formula is C15H15ClN2O3. The fourth-order valence-corrected chi connectivity index (χ4v) is 1.82. The summed E-state index contributed by atoms with van der Waals surface area (Å²) in [4.78, 5) is 11.8. The standard InChI is InChI=1S/C15H15ClN2O3/c1-20-12-5-3-11(4-6-12)18-15(19)9-21-14-8-10(17)2-7-13(14)16/h2-8H,9,17H2,1H3,(H,18,19). The average molecular weight is 307 g/mol. The van der Waals surface area contributed by atoms with Gasteiger partial charge in [-0.15, -0.1) is 0 Å². The minimum Gasteiger partial charge on any atom is -0.497 e. The van der Waals surface area contributed by atoms with Crippen molar-refractivity contribution in [2.24, 2.45) is 0 Å². The van der Waals surface area contributed by atoms with E-state index in [1.807, 2.05) is 0 Å². The van der Waals surface area contributed by atoms with E-state index in [1.165, 1.54) is 0 Å². The van der Waals surface area contributed by atoms with Crippen molar-refractivity contribution in [3.63, 3.8) is 0 Å². The number of ether oxygens (including phenoxy) is 2. The van der Waals surface area contributed by atoms with Crippen molar-refractivity contribution in [2.45, 2.75) is 0 Å². The van der Waals surface area contributed by atoms with Gasteiger partial charge in [0.2, 0.25) is 0 Å². The lowest BCUT2D eigenvalue weighted by molar-refractivity contribution is -0.118. The molecule has 0 radical (unpaired) electrons. The monoisotopic (exact) mass is 306 g/mol. The summed E-state index contributed by atoms with van der Waals surface area (Å²) in [6.07, 6.45) is 0. The first-order chi connectivity index (χ1) is 10.1. The third-order valence-corrected chi connectivity index (χ3v) is 3.00. The SMILES string of the molecule is COc1ccc(NC(=O)COc2cc(N)ccc2Cl)cc1. The van der Waals surface area contributed by atoms with Crippen LogP contribution in [-0.4, -0.2) is 19.6 Å². The van der Waals surface area contributed by atoms with Crippen LogP contribution in [0.3, 0.4) is 0 Å². The zero-order chi connectivity index (χ0) is 15.2. The highest BCUT2D eigenvalue weighted by Gasteiger charge is 2.07. The molecule has 110 valence electrons. The lowest BCUT2D eigenvalue weighted by atomic mass is 10.3. The Morgan fingerprint density at radius 1 is 1.24 bits per heavy atom. The lowest BCUT2D eigenvalue weighted by Crippen LogP contribution is -2.20. The normalized spacial score (nSPS) is 10.0. The van der Waals surface area contributed by atoms with E-state index in [4.69, 9.17) is 26.8 Å². The predicted molar refractivity (Wildman–Crippen MR) is 83.0 cm³/mol. The minimum absolute atomic E-state index is 0.158. The van der Waals surface area contributed by atoms with Crippen LogP contribution in [0.15, 0.2) is 42.5 Å². The Morgan fingerprint density at radius 3 is 2.62 bits per heavy atom. The van der Waals surface area contributed by atoms with Gasteiger partial charge in [-0.25, -0.2) is 0 Å². The molecule has 0 atom stereocenters. The molecule has 0 unspecified atom stereocenters. The van der Waals surface area contributed by atoms with Gasteiger partial charge in [-0.3, -0.25) is 4.79 Å². The Kier molecular flexibility index (Phi) is 4.90. The van der Waals surface area contributed by atoms with Gasteiger partial charge in [-0.05, 0) is 36.4 Å². The molecule has 3 N–H and O–H groups in total. The zero-order valence-corrected chi connectivity index (χ0v) is 12.2. The number of hydrogen-bond donors (Lipinski definition) is 2. The van der Waals surface area contributed by atoms with Crippen molar-refractivity contribution >= 4 is 28.9 Å². The quantitative estimate of drug-likeness (QED) is 0.833. The second-order valence-electron chi connectivity index (χ2n) is 4.26. The number of halogens is 1. The molecule has 0 fully saturated rings. The number of carbonyl (C=O) groups is 1. The molecule has 0 spiro atoms. The Hall–Kier alpha value is -2.40.